The van der Waals surface area contributed by atoms with E-state index in [2.05, 4.69) is 17.2 Å². The smallest absolute Gasteiger partial charge is 0.188 e. The van der Waals surface area contributed by atoms with E-state index in [4.69, 9.17) is 5.73 Å². The fourth-order valence-electron chi connectivity index (χ4n) is 1.27. The maximum Gasteiger partial charge on any atom is 0.188 e. The molecule has 0 atom stereocenters. The molecule has 0 heterocycles. The lowest BCUT2D eigenvalue weighted by Gasteiger charge is -2.05. The second-order valence-electron chi connectivity index (χ2n) is 3.57. The highest BCUT2D eigenvalue weighted by Crippen LogP contribution is 2.02. The van der Waals surface area contributed by atoms with E-state index in [-0.39, 0.29) is 29.8 Å². The zero-order chi connectivity index (χ0) is 11.8. The Morgan fingerprint density at radius 3 is 2.59 bits per heavy atom. The second kappa shape index (κ2) is 9.21. The average molecular weight is 351 g/mol. The summed E-state index contributed by atoms with van der Waals surface area (Å²) in [6.45, 7) is 3.51. The van der Waals surface area contributed by atoms with E-state index in [0.29, 0.717) is 12.5 Å². The average Bonchev–Trinajstić information content (AvgIpc) is 2.29. The van der Waals surface area contributed by atoms with Gasteiger partial charge < -0.3 is 11.1 Å². The lowest BCUT2D eigenvalue weighted by molar-refractivity contribution is 0.627. The zero-order valence-corrected chi connectivity index (χ0v) is 12.3. The number of aliphatic imine (C=N–C) groups is 1. The van der Waals surface area contributed by atoms with Crippen LogP contribution >= 0.6 is 24.0 Å². The third kappa shape index (κ3) is 7.14. The van der Waals surface area contributed by atoms with Crippen molar-refractivity contribution >= 4 is 29.9 Å². The van der Waals surface area contributed by atoms with Crippen molar-refractivity contribution in [3.8, 4) is 0 Å². The van der Waals surface area contributed by atoms with Gasteiger partial charge in [-0.1, -0.05) is 19.1 Å². The predicted octanol–water partition coefficient (Wildman–Crippen LogP) is 2.30. The molecule has 3 N–H and O–H groups in total. The summed E-state index contributed by atoms with van der Waals surface area (Å²) in [6.07, 6.45) is 1.79. The molecule has 1 rings (SSSR count). The summed E-state index contributed by atoms with van der Waals surface area (Å²) in [7, 11) is 0. The number of hydrogen-bond donors (Lipinski definition) is 2. The van der Waals surface area contributed by atoms with Crippen molar-refractivity contribution in [3.05, 3.63) is 35.6 Å². The molecular weight excluding hydrogens is 332 g/mol. The first kappa shape index (κ1) is 16.1. The molecule has 0 bridgehead atoms. The van der Waals surface area contributed by atoms with E-state index >= 15 is 0 Å². The minimum Gasteiger partial charge on any atom is -0.370 e. The highest BCUT2D eigenvalue weighted by atomic mass is 127. The van der Waals surface area contributed by atoms with E-state index in [1.54, 1.807) is 12.1 Å². The molecule has 0 radical (unpaired) electrons. The minimum absolute atomic E-state index is 0. The molecule has 0 saturated carbocycles. The number of hydrogen-bond acceptors (Lipinski definition) is 1. The predicted molar refractivity (Wildman–Crippen MR) is 80.3 cm³/mol. The van der Waals surface area contributed by atoms with Gasteiger partial charge in [-0.3, -0.25) is 4.99 Å². The molecule has 0 fully saturated rings. The van der Waals surface area contributed by atoms with Gasteiger partial charge in [-0.05, 0) is 30.5 Å². The quantitative estimate of drug-likeness (QED) is 0.486. The van der Waals surface area contributed by atoms with Crippen molar-refractivity contribution in [1.29, 1.82) is 0 Å². The van der Waals surface area contributed by atoms with Gasteiger partial charge >= 0.3 is 0 Å². The summed E-state index contributed by atoms with van der Waals surface area (Å²) in [6, 6.07) is 6.47. The summed E-state index contributed by atoms with van der Waals surface area (Å²) < 4.78 is 12.6. The molecule has 1 aromatic rings. The van der Waals surface area contributed by atoms with Gasteiger partial charge in [-0.15, -0.1) is 24.0 Å². The normalized spacial score (nSPS) is 10.8. The Morgan fingerprint density at radius 1 is 1.35 bits per heavy atom. The lowest BCUT2D eigenvalue weighted by Crippen LogP contribution is -2.33. The monoisotopic (exact) mass is 351 g/mol. The van der Waals surface area contributed by atoms with Gasteiger partial charge in [0.15, 0.2) is 5.96 Å². The Balaban J connectivity index is 0.00000256. The molecule has 5 heteroatoms. The fourth-order valence-corrected chi connectivity index (χ4v) is 1.27. The molecule has 0 unspecified atom stereocenters. The van der Waals surface area contributed by atoms with Gasteiger partial charge in [0.25, 0.3) is 0 Å². The second-order valence-corrected chi connectivity index (χ2v) is 3.57. The van der Waals surface area contributed by atoms with E-state index in [1.807, 2.05) is 0 Å². The zero-order valence-electron chi connectivity index (χ0n) is 9.95. The van der Waals surface area contributed by atoms with Crippen LogP contribution in [0, 0.1) is 5.82 Å². The number of benzene rings is 1. The van der Waals surface area contributed by atoms with E-state index in [0.717, 1.165) is 24.9 Å². The van der Waals surface area contributed by atoms with Crippen LogP contribution in [0.25, 0.3) is 0 Å². The lowest BCUT2D eigenvalue weighted by atomic mass is 10.1. The third-order valence-corrected chi connectivity index (χ3v) is 2.14. The molecule has 96 valence electrons. The number of guanidine groups is 1. The van der Waals surface area contributed by atoms with Crippen molar-refractivity contribution in [1.82, 2.24) is 5.32 Å². The molecular formula is C12H19FIN3. The van der Waals surface area contributed by atoms with Crippen LogP contribution in [0.4, 0.5) is 4.39 Å². The Bertz CT molecular complexity index is 338. The van der Waals surface area contributed by atoms with Gasteiger partial charge in [-0.2, -0.15) is 0 Å². The van der Waals surface area contributed by atoms with Gasteiger partial charge in [0.05, 0.1) is 0 Å². The van der Waals surface area contributed by atoms with Crippen LogP contribution in [0.1, 0.15) is 18.9 Å². The minimum atomic E-state index is -0.208. The van der Waals surface area contributed by atoms with Crippen molar-refractivity contribution in [3.63, 3.8) is 0 Å². The Labute approximate surface area is 119 Å². The summed E-state index contributed by atoms with van der Waals surface area (Å²) in [5.41, 5.74) is 6.71. The maximum absolute atomic E-state index is 12.6. The van der Waals surface area contributed by atoms with E-state index in [1.165, 1.54) is 12.1 Å². The first-order chi connectivity index (χ1) is 7.72. The maximum atomic E-state index is 12.6. The highest BCUT2D eigenvalue weighted by molar-refractivity contribution is 14.0. The van der Waals surface area contributed by atoms with Crippen LogP contribution in [-0.2, 0) is 6.42 Å². The van der Waals surface area contributed by atoms with Crippen LogP contribution in [0.5, 0.6) is 0 Å². The number of nitrogens with two attached hydrogens (primary N) is 1. The van der Waals surface area contributed by atoms with Crippen LogP contribution in [0.15, 0.2) is 29.3 Å². The van der Waals surface area contributed by atoms with Gasteiger partial charge in [0, 0.05) is 13.1 Å². The molecule has 3 nitrogen and oxygen atoms in total. The molecule has 0 aromatic heterocycles. The fraction of sp³-hybridized carbons (Fsp3) is 0.417. The van der Waals surface area contributed by atoms with Crippen molar-refractivity contribution in [2.75, 3.05) is 13.1 Å². The molecule has 0 amide bonds. The first-order valence-electron chi connectivity index (χ1n) is 5.50. The van der Waals surface area contributed by atoms with Crippen molar-refractivity contribution < 1.29 is 4.39 Å². The third-order valence-electron chi connectivity index (χ3n) is 2.14. The van der Waals surface area contributed by atoms with E-state index in [9.17, 15) is 4.39 Å². The molecule has 0 spiro atoms. The Kier molecular flexibility index (Phi) is 8.75. The Hall–Kier alpha value is -0.850. The number of nitrogens with one attached hydrogen (secondary N) is 1. The number of nitrogens with zero attached hydrogens (tertiary/aromatic N) is 1. The van der Waals surface area contributed by atoms with E-state index < -0.39 is 0 Å². The highest BCUT2D eigenvalue weighted by Gasteiger charge is 1.95. The molecule has 0 aliphatic carbocycles. The van der Waals surface area contributed by atoms with Gasteiger partial charge in [-0.25, -0.2) is 4.39 Å². The van der Waals surface area contributed by atoms with Crippen molar-refractivity contribution in [2.45, 2.75) is 19.8 Å². The summed E-state index contributed by atoms with van der Waals surface area (Å²) >= 11 is 0. The van der Waals surface area contributed by atoms with Crippen LogP contribution < -0.4 is 11.1 Å². The summed E-state index contributed by atoms with van der Waals surface area (Å²) in [5, 5.41) is 3.01. The van der Waals surface area contributed by atoms with Crippen LogP contribution in [-0.4, -0.2) is 19.0 Å². The Morgan fingerprint density at radius 2 is 2.00 bits per heavy atom. The molecule has 1 aromatic carbocycles. The molecule has 17 heavy (non-hydrogen) atoms. The molecule has 0 aliphatic rings. The largest absolute Gasteiger partial charge is 0.370 e. The SMILES string of the molecule is CCCN=C(N)NCCc1ccc(F)cc1.I. The molecule has 0 aliphatic heterocycles. The molecule has 0 saturated heterocycles. The van der Waals surface area contributed by atoms with Gasteiger partial charge in [0.2, 0.25) is 0 Å². The topological polar surface area (TPSA) is 50.4 Å². The summed E-state index contributed by atoms with van der Waals surface area (Å²) in [4.78, 5) is 4.11. The first-order valence-corrected chi connectivity index (χ1v) is 5.50. The van der Waals surface area contributed by atoms with Crippen LogP contribution in [0.3, 0.4) is 0 Å². The number of rotatable bonds is 5. The van der Waals surface area contributed by atoms with Crippen molar-refractivity contribution in [2.24, 2.45) is 10.7 Å². The van der Waals surface area contributed by atoms with Gasteiger partial charge in [0.1, 0.15) is 5.82 Å². The van der Waals surface area contributed by atoms with Crippen LogP contribution in [0.2, 0.25) is 0 Å². The standard InChI is InChI=1S/C12H18FN3.HI/c1-2-8-15-12(14)16-9-7-10-3-5-11(13)6-4-10;/h3-6H,2,7-9H2,1H3,(H3,14,15,16);1H. The summed E-state index contributed by atoms with van der Waals surface area (Å²) in [5.74, 6) is 0.268. The number of halogens is 2.